The Morgan fingerprint density at radius 1 is 1.12 bits per heavy atom. The Morgan fingerprint density at radius 2 is 1.92 bits per heavy atom. The zero-order valence-electron chi connectivity index (χ0n) is 13.3. The van der Waals surface area contributed by atoms with E-state index in [0.717, 1.165) is 30.5 Å². The van der Waals surface area contributed by atoms with E-state index in [0.29, 0.717) is 16.7 Å². The molecule has 0 saturated carbocycles. The van der Waals surface area contributed by atoms with Crippen molar-refractivity contribution in [3.8, 4) is 0 Å². The summed E-state index contributed by atoms with van der Waals surface area (Å²) >= 11 is 12.1. The molecule has 1 aliphatic rings. The van der Waals surface area contributed by atoms with Gasteiger partial charge in [0.15, 0.2) is 0 Å². The summed E-state index contributed by atoms with van der Waals surface area (Å²) in [5.41, 5.74) is 2.09. The maximum atomic E-state index is 12.5. The zero-order chi connectivity index (χ0) is 16.9. The van der Waals surface area contributed by atoms with Crippen LogP contribution in [0.4, 0.5) is 0 Å². The van der Waals surface area contributed by atoms with Crippen LogP contribution in [0.5, 0.6) is 0 Å². The first kappa shape index (κ1) is 17.3. The van der Waals surface area contributed by atoms with E-state index in [4.69, 9.17) is 27.9 Å². The molecule has 0 aliphatic carbocycles. The van der Waals surface area contributed by atoms with E-state index in [9.17, 15) is 4.79 Å². The van der Waals surface area contributed by atoms with Crippen molar-refractivity contribution in [3.05, 3.63) is 69.7 Å². The van der Waals surface area contributed by atoms with Crippen LogP contribution in [-0.2, 0) is 16.1 Å². The summed E-state index contributed by atoms with van der Waals surface area (Å²) in [6, 6.07) is 15.5. The lowest BCUT2D eigenvalue weighted by Crippen LogP contribution is -2.33. The number of nitrogens with zero attached hydrogens (tertiary/aromatic N) is 1. The lowest BCUT2D eigenvalue weighted by atomic mass is 10.0. The second-order valence-electron chi connectivity index (χ2n) is 5.90. The molecule has 1 aliphatic heterocycles. The van der Waals surface area contributed by atoms with E-state index in [-0.39, 0.29) is 18.6 Å². The normalized spacial score (nSPS) is 17.2. The van der Waals surface area contributed by atoms with Crippen molar-refractivity contribution in [1.82, 2.24) is 4.90 Å². The van der Waals surface area contributed by atoms with Crippen molar-refractivity contribution in [2.45, 2.75) is 25.5 Å². The molecule has 0 aromatic heterocycles. The van der Waals surface area contributed by atoms with Gasteiger partial charge in [-0.05, 0) is 36.1 Å². The number of rotatable bonds is 5. The molecule has 2 aromatic rings. The van der Waals surface area contributed by atoms with E-state index in [1.54, 1.807) is 6.07 Å². The van der Waals surface area contributed by atoms with E-state index in [1.807, 2.05) is 47.4 Å². The first-order valence-electron chi connectivity index (χ1n) is 8.01. The van der Waals surface area contributed by atoms with Gasteiger partial charge in [0.2, 0.25) is 5.91 Å². The predicted octanol–water partition coefficient (Wildman–Crippen LogP) is 4.87. The van der Waals surface area contributed by atoms with Crippen molar-refractivity contribution in [3.63, 3.8) is 0 Å². The van der Waals surface area contributed by atoms with Gasteiger partial charge in [-0.25, -0.2) is 0 Å². The Balaban J connectivity index is 1.60. The van der Waals surface area contributed by atoms with Gasteiger partial charge in [-0.1, -0.05) is 59.6 Å². The lowest BCUT2D eigenvalue weighted by Gasteiger charge is -2.25. The molecule has 0 bridgehead atoms. The van der Waals surface area contributed by atoms with Crippen LogP contribution in [0.15, 0.2) is 48.5 Å². The molecule has 1 atom stereocenters. The summed E-state index contributed by atoms with van der Waals surface area (Å²) in [6.45, 7) is 1.28. The molecule has 3 nitrogen and oxygen atoms in total. The zero-order valence-corrected chi connectivity index (χ0v) is 14.8. The fourth-order valence-corrected chi connectivity index (χ4v) is 3.35. The SMILES string of the molecule is O=C(COCc1ccccc1)N1CCCC1c1ccc(Cl)c(Cl)c1. The highest BCUT2D eigenvalue weighted by Gasteiger charge is 2.30. The van der Waals surface area contributed by atoms with Crippen LogP contribution in [0.1, 0.15) is 30.0 Å². The summed E-state index contributed by atoms with van der Waals surface area (Å²) in [5, 5.41) is 1.05. The molecule has 24 heavy (non-hydrogen) atoms. The van der Waals surface area contributed by atoms with Crippen molar-refractivity contribution in [1.29, 1.82) is 0 Å². The number of hydrogen-bond donors (Lipinski definition) is 0. The summed E-state index contributed by atoms with van der Waals surface area (Å²) in [6.07, 6.45) is 1.91. The maximum absolute atomic E-state index is 12.5. The smallest absolute Gasteiger partial charge is 0.249 e. The largest absolute Gasteiger partial charge is 0.367 e. The monoisotopic (exact) mass is 363 g/mol. The number of ether oxygens (including phenoxy) is 1. The molecule has 1 amide bonds. The van der Waals surface area contributed by atoms with Crippen molar-refractivity contribution < 1.29 is 9.53 Å². The molecular formula is C19H19Cl2NO2. The van der Waals surface area contributed by atoms with Crippen LogP contribution < -0.4 is 0 Å². The van der Waals surface area contributed by atoms with Crippen LogP contribution in [0.2, 0.25) is 10.0 Å². The van der Waals surface area contributed by atoms with Crippen LogP contribution in [0.25, 0.3) is 0 Å². The van der Waals surface area contributed by atoms with Crippen LogP contribution in [0, 0.1) is 0 Å². The third-order valence-electron chi connectivity index (χ3n) is 4.24. The Labute approximate surface area is 152 Å². The third kappa shape index (κ3) is 4.10. The summed E-state index contributed by atoms with van der Waals surface area (Å²) < 4.78 is 5.58. The van der Waals surface area contributed by atoms with Gasteiger partial charge in [-0.2, -0.15) is 0 Å². The highest BCUT2D eigenvalue weighted by molar-refractivity contribution is 6.42. The molecule has 0 radical (unpaired) electrons. The molecule has 0 spiro atoms. The van der Waals surface area contributed by atoms with E-state index in [1.165, 1.54) is 0 Å². The maximum Gasteiger partial charge on any atom is 0.249 e. The van der Waals surface area contributed by atoms with Crippen LogP contribution in [0.3, 0.4) is 0 Å². The molecule has 2 aromatic carbocycles. The summed E-state index contributed by atoms with van der Waals surface area (Å²) in [4.78, 5) is 14.4. The second kappa shape index (κ2) is 8.02. The highest BCUT2D eigenvalue weighted by Crippen LogP contribution is 2.35. The molecule has 1 saturated heterocycles. The first-order valence-corrected chi connectivity index (χ1v) is 8.77. The molecular weight excluding hydrogens is 345 g/mol. The number of carbonyl (C=O) groups is 1. The number of carbonyl (C=O) groups excluding carboxylic acids is 1. The molecule has 1 heterocycles. The molecule has 1 unspecified atom stereocenters. The standard InChI is InChI=1S/C19H19Cl2NO2/c20-16-9-8-15(11-17(16)21)18-7-4-10-22(18)19(23)13-24-12-14-5-2-1-3-6-14/h1-3,5-6,8-9,11,18H,4,7,10,12-13H2. The van der Waals surface area contributed by atoms with Gasteiger partial charge >= 0.3 is 0 Å². The first-order chi connectivity index (χ1) is 11.6. The molecule has 1 fully saturated rings. The predicted molar refractivity (Wildman–Crippen MR) is 96.2 cm³/mol. The lowest BCUT2D eigenvalue weighted by molar-refractivity contribution is -0.137. The highest BCUT2D eigenvalue weighted by atomic mass is 35.5. The number of hydrogen-bond acceptors (Lipinski definition) is 2. The van der Waals surface area contributed by atoms with Crippen molar-refractivity contribution in [2.24, 2.45) is 0 Å². The van der Waals surface area contributed by atoms with E-state index in [2.05, 4.69) is 0 Å². The number of amides is 1. The minimum atomic E-state index is 0.0134. The molecule has 5 heteroatoms. The Morgan fingerprint density at radius 3 is 2.67 bits per heavy atom. The van der Waals surface area contributed by atoms with Crippen molar-refractivity contribution >= 4 is 29.1 Å². The van der Waals surface area contributed by atoms with Crippen molar-refractivity contribution in [2.75, 3.05) is 13.2 Å². The molecule has 0 N–H and O–H groups in total. The molecule has 3 rings (SSSR count). The minimum absolute atomic E-state index is 0.0134. The summed E-state index contributed by atoms with van der Waals surface area (Å²) in [7, 11) is 0. The average Bonchev–Trinajstić information content (AvgIpc) is 3.08. The fourth-order valence-electron chi connectivity index (χ4n) is 3.04. The fraction of sp³-hybridized carbons (Fsp3) is 0.316. The second-order valence-corrected chi connectivity index (χ2v) is 6.71. The van der Waals surface area contributed by atoms with E-state index >= 15 is 0 Å². The quantitative estimate of drug-likeness (QED) is 0.757. The topological polar surface area (TPSA) is 29.5 Å². The van der Waals surface area contributed by atoms with Gasteiger partial charge in [-0.15, -0.1) is 0 Å². The van der Waals surface area contributed by atoms with Crippen LogP contribution in [-0.4, -0.2) is 24.0 Å². The van der Waals surface area contributed by atoms with Gasteiger partial charge in [-0.3, -0.25) is 4.79 Å². The Kier molecular flexibility index (Phi) is 5.77. The Hall–Kier alpha value is -1.55. The van der Waals surface area contributed by atoms with Gasteiger partial charge in [0, 0.05) is 6.54 Å². The van der Waals surface area contributed by atoms with Gasteiger partial charge < -0.3 is 9.64 Å². The van der Waals surface area contributed by atoms with E-state index < -0.39 is 0 Å². The number of likely N-dealkylation sites (tertiary alicyclic amines) is 1. The summed E-state index contributed by atoms with van der Waals surface area (Å²) in [5.74, 6) is 0.0134. The van der Waals surface area contributed by atoms with Gasteiger partial charge in [0.05, 0.1) is 22.7 Å². The van der Waals surface area contributed by atoms with Gasteiger partial charge in [0.1, 0.15) is 6.61 Å². The number of benzene rings is 2. The third-order valence-corrected chi connectivity index (χ3v) is 4.98. The average molecular weight is 364 g/mol. The minimum Gasteiger partial charge on any atom is -0.367 e. The Bertz CT molecular complexity index is 706. The van der Waals surface area contributed by atoms with Crippen LogP contribution >= 0.6 is 23.2 Å². The molecule has 126 valence electrons. The number of halogens is 2. The van der Waals surface area contributed by atoms with Gasteiger partial charge in [0.25, 0.3) is 0 Å².